The molecule has 2 heterocycles. The van der Waals surface area contributed by atoms with Gasteiger partial charge in [0.25, 0.3) is 0 Å². The number of aromatic nitrogens is 2. The topological polar surface area (TPSA) is 29.0 Å². The van der Waals surface area contributed by atoms with Gasteiger partial charge in [-0.05, 0) is 94.0 Å². The first-order valence-electron chi connectivity index (χ1n) is 13.8. The van der Waals surface area contributed by atoms with Crippen LogP contribution in [0.4, 0.5) is 17.2 Å². The zero-order chi connectivity index (χ0) is 27.2. The summed E-state index contributed by atoms with van der Waals surface area (Å²) in [7, 11) is 0. The van der Waals surface area contributed by atoms with E-state index in [1.165, 1.54) is 21.5 Å². The molecule has 0 N–H and O–H groups in total. The molecular weight excluding hydrogens is 498 g/mol. The first-order chi connectivity index (χ1) is 20.3. The third kappa shape index (κ3) is 4.16. The molecule has 3 heteroatoms. The largest absolute Gasteiger partial charge is 0.294 e. The van der Waals surface area contributed by atoms with Crippen molar-refractivity contribution in [3.05, 3.63) is 152 Å². The molecule has 0 aliphatic rings. The van der Waals surface area contributed by atoms with Gasteiger partial charge >= 0.3 is 0 Å². The second-order valence-corrected chi connectivity index (χ2v) is 10.4. The first kappa shape index (κ1) is 23.4. The van der Waals surface area contributed by atoms with E-state index in [1.807, 2.05) is 12.3 Å². The second kappa shape index (κ2) is 9.58. The average Bonchev–Trinajstić information content (AvgIpc) is 3.04. The minimum atomic E-state index is 0.879. The molecule has 192 valence electrons. The lowest BCUT2D eigenvalue weighted by atomic mass is 10.0. The number of fused-ring (bicyclic) bond motifs is 4. The van der Waals surface area contributed by atoms with Crippen LogP contribution in [0.1, 0.15) is 0 Å². The van der Waals surface area contributed by atoms with Gasteiger partial charge in [-0.25, -0.2) is 4.98 Å². The highest BCUT2D eigenvalue weighted by atomic mass is 15.2. The minimum Gasteiger partial charge on any atom is -0.294 e. The third-order valence-corrected chi connectivity index (χ3v) is 7.82. The van der Waals surface area contributed by atoms with E-state index in [4.69, 9.17) is 4.98 Å². The van der Waals surface area contributed by atoms with E-state index in [2.05, 4.69) is 149 Å². The predicted molar refractivity (Wildman–Crippen MR) is 172 cm³/mol. The van der Waals surface area contributed by atoms with Crippen LogP contribution in [0.15, 0.2) is 152 Å². The molecule has 6 aromatic carbocycles. The fourth-order valence-electron chi connectivity index (χ4n) is 5.78. The molecule has 2 aromatic heterocycles. The van der Waals surface area contributed by atoms with Gasteiger partial charge in [0.05, 0.1) is 16.7 Å². The molecule has 0 radical (unpaired) electrons. The van der Waals surface area contributed by atoms with Crippen molar-refractivity contribution in [2.75, 3.05) is 4.90 Å². The van der Waals surface area contributed by atoms with Crippen LogP contribution in [0.5, 0.6) is 0 Å². The van der Waals surface area contributed by atoms with E-state index in [0.717, 1.165) is 50.1 Å². The SMILES string of the molecule is c1ccc(N(c2ccc3ccc(-c4ccc5ncccc5c4)cc3n2)c2cccc3cc4ccccc4cc23)cc1. The summed E-state index contributed by atoms with van der Waals surface area (Å²) >= 11 is 0. The van der Waals surface area contributed by atoms with Crippen LogP contribution in [0.25, 0.3) is 54.5 Å². The Balaban J connectivity index is 1.31. The molecule has 8 rings (SSSR count). The van der Waals surface area contributed by atoms with Gasteiger partial charge in [-0.2, -0.15) is 0 Å². The zero-order valence-corrected chi connectivity index (χ0v) is 22.3. The van der Waals surface area contributed by atoms with Crippen LogP contribution in [-0.2, 0) is 0 Å². The van der Waals surface area contributed by atoms with Gasteiger partial charge in [-0.3, -0.25) is 9.88 Å². The van der Waals surface area contributed by atoms with Crippen LogP contribution in [0.3, 0.4) is 0 Å². The summed E-state index contributed by atoms with van der Waals surface area (Å²) in [6.07, 6.45) is 1.83. The summed E-state index contributed by atoms with van der Waals surface area (Å²) in [5.74, 6) is 0.879. The summed E-state index contributed by atoms with van der Waals surface area (Å²) in [4.78, 5) is 12.0. The van der Waals surface area contributed by atoms with Crippen LogP contribution in [0.2, 0.25) is 0 Å². The molecule has 0 amide bonds. The summed E-state index contributed by atoms with van der Waals surface area (Å²) < 4.78 is 0. The van der Waals surface area contributed by atoms with Crippen LogP contribution < -0.4 is 4.90 Å². The van der Waals surface area contributed by atoms with Crippen molar-refractivity contribution >= 4 is 60.5 Å². The maximum atomic E-state index is 5.26. The lowest BCUT2D eigenvalue weighted by molar-refractivity contribution is 1.22. The molecule has 8 aromatic rings. The molecule has 3 nitrogen and oxygen atoms in total. The Morgan fingerprint density at radius 1 is 0.439 bits per heavy atom. The Morgan fingerprint density at radius 3 is 2.07 bits per heavy atom. The van der Waals surface area contributed by atoms with E-state index >= 15 is 0 Å². The van der Waals surface area contributed by atoms with Crippen molar-refractivity contribution in [1.82, 2.24) is 9.97 Å². The van der Waals surface area contributed by atoms with E-state index in [9.17, 15) is 0 Å². The molecule has 0 aliphatic heterocycles. The summed E-state index contributed by atoms with van der Waals surface area (Å²) in [5.41, 5.74) is 6.41. The molecule has 0 atom stereocenters. The first-order valence-corrected chi connectivity index (χ1v) is 13.8. The van der Waals surface area contributed by atoms with Gasteiger partial charge in [0, 0.05) is 28.0 Å². The third-order valence-electron chi connectivity index (χ3n) is 7.82. The average molecular weight is 524 g/mol. The van der Waals surface area contributed by atoms with Gasteiger partial charge in [0.1, 0.15) is 5.82 Å². The van der Waals surface area contributed by atoms with Crippen molar-refractivity contribution in [2.45, 2.75) is 0 Å². The summed E-state index contributed by atoms with van der Waals surface area (Å²) in [6.45, 7) is 0. The summed E-state index contributed by atoms with van der Waals surface area (Å²) in [6, 6.07) is 51.4. The van der Waals surface area contributed by atoms with Crippen LogP contribution >= 0.6 is 0 Å². The fourth-order valence-corrected chi connectivity index (χ4v) is 5.78. The van der Waals surface area contributed by atoms with Gasteiger partial charge in [0.15, 0.2) is 0 Å². The standard InChI is InChI=1S/C38H25N3/c1-2-12-33(13-3-1)41(37-14-6-10-31-22-27-8-4-5-9-28(27)24-34(31)37)38-20-18-26-15-16-30(25-36(26)40-38)29-17-19-35-32(23-29)11-7-21-39-35/h1-25H. The maximum Gasteiger partial charge on any atom is 0.138 e. The number of anilines is 3. The number of hydrogen-bond donors (Lipinski definition) is 0. The zero-order valence-electron chi connectivity index (χ0n) is 22.3. The Kier molecular flexibility index (Phi) is 5.46. The smallest absolute Gasteiger partial charge is 0.138 e. The molecule has 0 aliphatic carbocycles. The van der Waals surface area contributed by atoms with Gasteiger partial charge in [-0.15, -0.1) is 0 Å². The Hall–Kier alpha value is -5.54. The molecule has 0 spiro atoms. The van der Waals surface area contributed by atoms with Crippen molar-refractivity contribution in [1.29, 1.82) is 0 Å². The molecular formula is C38H25N3. The molecule has 0 unspecified atom stereocenters. The highest BCUT2D eigenvalue weighted by Gasteiger charge is 2.17. The lowest BCUT2D eigenvalue weighted by Crippen LogP contribution is -2.12. The number of rotatable bonds is 4. The molecule has 41 heavy (non-hydrogen) atoms. The number of benzene rings is 6. The monoisotopic (exact) mass is 523 g/mol. The molecule has 0 fully saturated rings. The second-order valence-electron chi connectivity index (χ2n) is 10.4. The van der Waals surface area contributed by atoms with E-state index < -0.39 is 0 Å². The maximum absolute atomic E-state index is 5.26. The van der Waals surface area contributed by atoms with Crippen molar-refractivity contribution in [2.24, 2.45) is 0 Å². The number of para-hydroxylation sites is 1. The Bertz CT molecular complexity index is 2220. The number of hydrogen-bond acceptors (Lipinski definition) is 3. The highest BCUT2D eigenvalue weighted by Crippen LogP contribution is 2.40. The fraction of sp³-hybridized carbons (Fsp3) is 0. The number of nitrogens with zero attached hydrogens (tertiary/aromatic N) is 3. The predicted octanol–water partition coefficient (Wildman–Crippen LogP) is 10.2. The lowest BCUT2D eigenvalue weighted by Gasteiger charge is -2.26. The van der Waals surface area contributed by atoms with E-state index in [1.54, 1.807) is 0 Å². The van der Waals surface area contributed by atoms with Crippen molar-refractivity contribution in [3.63, 3.8) is 0 Å². The Labute approximate surface area is 238 Å². The van der Waals surface area contributed by atoms with Crippen LogP contribution in [0, 0.1) is 0 Å². The van der Waals surface area contributed by atoms with Gasteiger partial charge in [-0.1, -0.05) is 78.9 Å². The van der Waals surface area contributed by atoms with Crippen molar-refractivity contribution in [3.8, 4) is 11.1 Å². The quantitative estimate of drug-likeness (QED) is 0.215. The molecule has 0 saturated heterocycles. The van der Waals surface area contributed by atoms with Crippen molar-refractivity contribution < 1.29 is 0 Å². The molecule has 0 saturated carbocycles. The van der Waals surface area contributed by atoms with Gasteiger partial charge < -0.3 is 0 Å². The summed E-state index contributed by atoms with van der Waals surface area (Å²) in [5, 5.41) is 7.10. The molecule has 0 bridgehead atoms. The van der Waals surface area contributed by atoms with E-state index in [0.29, 0.717) is 0 Å². The Morgan fingerprint density at radius 2 is 1.17 bits per heavy atom. The number of pyridine rings is 2. The van der Waals surface area contributed by atoms with Crippen LogP contribution in [-0.4, -0.2) is 9.97 Å². The minimum absolute atomic E-state index is 0.879. The highest BCUT2D eigenvalue weighted by molar-refractivity contribution is 6.06. The van der Waals surface area contributed by atoms with E-state index in [-0.39, 0.29) is 0 Å². The van der Waals surface area contributed by atoms with Gasteiger partial charge in [0.2, 0.25) is 0 Å². The normalized spacial score (nSPS) is 11.4.